The van der Waals surface area contributed by atoms with Crippen LogP contribution in [0.5, 0.6) is 0 Å². The molecule has 0 unspecified atom stereocenters. The number of methoxy groups -OCH3 is 1. The van der Waals surface area contributed by atoms with Gasteiger partial charge in [0.15, 0.2) is 0 Å². The number of carbonyl (C=O) groups excluding carboxylic acids is 2. The van der Waals surface area contributed by atoms with Crippen molar-refractivity contribution >= 4 is 27.9 Å². The van der Waals surface area contributed by atoms with E-state index >= 15 is 0 Å². The fraction of sp³-hybridized carbons (Fsp3) is 0.800. The van der Waals surface area contributed by atoms with Crippen LogP contribution in [0, 0.1) is 5.92 Å². The van der Waals surface area contributed by atoms with Gasteiger partial charge in [-0.05, 0) is 20.8 Å². The zero-order chi connectivity index (χ0) is 12.1. The van der Waals surface area contributed by atoms with Crippen molar-refractivity contribution in [3.8, 4) is 0 Å². The molecule has 0 fully saturated rings. The molecule has 0 spiro atoms. The van der Waals surface area contributed by atoms with Crippen LogP contribution < -0.4 is 0 Å². The van der Waals surface area contributed by atoms with Crippen molar-refractivity contribution in [1.29, 1.82) is 0 Å². The van der Waals surface area contributed by atoms with Crippen molar-refractivity contribution in [3.63, 3.8) is 0 Å². The maximum absolute atomic E-state index is 11.4. The van der Waals surface area contributed by atoms with Crippen molar-refractivity contribution in [2.75, 3.05) is 12.4 Å². The normalized spacial score (nSPS) is 13.1. The van der Waals surface area contributed by atoms with Crippen LogP contribution in [-0.2, 0) is 19.1 Å². The molecule has 0 aliphatic carbocycles. The third-order valence-electron chi connectivity index (χ3n) is 1.55. The number of ether oxygens (including phenoxy) is 2. The average molecular weight is 281 g/mol. The van der Waals surface area contributed by atoms with Gasteiger partial charge in [-0.25, -0.2) is 0 Å². The zero-order valence-corrected chi connectivity index (χ0v) is 11.1. The Kier molecular flexibility index (Phi) is 5.87. The summed E-state index contributed by atoms with van der Waals surface area (Å²) in [7, 11) is 1.30. The van der Waals surface area contributed by atoms with E-state index in [0.717, 1.165) is 0 Å². The fourth-order valence-electron chi connectivity index (χ4n) is 0.952. The van der Waals surface area contributed by atoms with Gasteiger partial charge in [-0.15, -0.1) is 0 Å². The van der Waals surface area contributed by atoms with Crippen molar-refractivity contribution in [3.05, 3.63) is 0 Å². The largest absolute Gasteiger partial charge is 0.469 e. The standard InChI is InChI=1S/C10H17BrO4/c1-10(2,3)15-8(12)5-7(6-11)9(13)14-4/h7H,5-6H2,1-4H3/t7-/m1/s1. The molecule has 5 heteroatoms. The Morgan fingerprint density at radius 1 is 1.33 bits per heavy atom. The van der Waals surface area contributed by atoms with E-state index in [1.165, 1.54) is 7.11 Å². The highest BCUT2D eigenvalue weighted by molar-refractivity contribution is 9.09. The molecule has 0 radical (unpaired) electrons. The second-order valence-electron chi connectivity index (χ2n) is 4.16. The molecule has 0 aromatic carbocycles. The maximum Gasteiger partial charge on any atom is 0.310 e. The summed E-state index contributed by atoms with van der Waals surface area (Å²) in [5.41, 5.74) is -0.524. The van der Waals surface area contributed by atoms with E-state index < -0.39 is 23.5 Å². The number of alkyl halides is 1. The second-order valence-corrected chi connectivity index (χ2v) is 4.81. The van der Waals surface area contributed by atoms with E-state index in [4.69, 9.17) is 4.74 Å². The van der Waals surface area contributed by atoms with Gasteiger partial charge < -0.3 is 9.47 Å². The Balaban J connectivity index is 4.20. The van der Waals surface area contributed by atoms with Crippen LogP contribution in [-0.4, -0.2) is 30.0 Å². The zero-order valence-electron chi connectivity index (χ0n) is 9.50. The van der Waals surface area contributed by atoms with E-state index in [9.17, 15) is 9.59 Å². The van der Waals surface area contributed by atoms with Crippen molar-refractivity contribution in [2.24, 2.45) is 5.92 Å². The minimum atomic E-state index is -0.524. The summed E-state index contributed by atoms with van der Waals surface area (Å²) in [6.07, 6.45) is 0.0369. The van der Waals surface area contributed by atoms with Gasteiger partial charge in [0.1, 0.15) is 5.60 Å². The van der Waals surface area contributed by atoms with E-state index in [-0.39, 0.29) is 6.42 Å². The number of hydrogen-bond donors (Lipinski definition) is 0. The molecular formula is C10H17BrO4. The minimum Gasteiger partial charge on any atom is -0.469 e. The Morgan fingerprint density at radius 3 is 2.20 bits per heavy atom. The molecule has 1 atom stereocenters. The maximum atomic E-state index is 11.4. The third-order valence-corrected chi connectivity index (χ3v) is 2.34. The van der Waals surface area contributed by atoms with Gasteiger partial charge in [-0.1, -0.05) is 15.9 Å². The molecule has 15 heavy (non-hydrogen) atoms. The predicted molar refractivity (Wildman–Crippen MR) is 59.8 cm³/mol. The van der Waals surface area contributed by atoms with Gasteiger partial charge in [0.05, 0.1) is 19.4 Å². The summed E-state index contributed by atoms with van der Waals surface area (Å²) in [6, 6.07) is 0. The molecular weight excluding hydrogens is 264 g/mol. The quantitative estimate of drug-likeness (QED) is 0.583. The summed E-state index contributed by atoms with van der Waals surface area (Å²) in [4.78, 5) is 22.6. The van der Waals surface area contributed by atoms with Gasteiger partial charge in [0.2, 0.25) is 0 Å². The first-order valence-electron chi connectivity index (χ1n) is 4.65. The van der Waals surface area contributed by atoms with Crippen molar-refractivity contribution < 1.29 is 19.1 Å². The van der Waals surface area contributed by atoms with Gasteiger partial charge in [-0.3, -0.25) is 9.59 Å². The summed E-state index contributed by atoms with van der Waals surface area (Å²) in [5.74, 6) is -1.28. The summed E-state index contributed by atoms with van der Waals surface area (Å²) in [6.45, 7) is 5.35. The SMILES string of the molecule is COC(=O)[C@@H](CBr)CC(=O)OC(C)(C)C. The Hall–Kier alpha value is -0.580. The van der Waals surface area contributed by atoms with Crippen LogP contribution >= 0.6 is 15.9 Å². The lowest BCUT2D eigenvalue weighted by atomic mass is 10.1. The van der Waals surface area contributed by atoms with Crippen LogP contribution in [0.2, 0.25) is 0 Å². The lowest BCUT2D eigenvalue weighted by Crippen LogP contribution is -2.28. The molecule has 0 saturated heterocycles. The molecule has 0 amide bonds. The molecule has 0 saturated carbocycles. The van der Waals surface area contributed by atoms with Crippen molar-refractivity contribution in [2.45, 2.75) is 32.8 Å². The molecule has 0 aromatic rings. The van der Waals surface area contributed by atoms with Crippen LogP contribution in [0.1, 0.15) is 27.2 Å². The topological polar surface area (TPSA) is 52.6 Å². The Morgan fingerprint density at radius 2 is 1.87 bits per heavy atom. The molecule has 0 aliphatic heterocycles. The fourth-order valence-corrected chi connectivity index (χ4v) is 1.45. The lowest BCUT2D eigenvalue weighted by Gasteiger charge is -2.20. The predicted octanol–water partition coefficient (Wildman–Crippen LogP) is 1.90. The monoisotopic (exact) mass is 280 g/mol. The van der Waals surface area contributed by atoms with Crippen LogP contribution in [0.25, 0.3) is 0 Å². The lowest BCUT2D eigenvalue weighted by molar-refractivity contribution is -0.160. The van der Waals surface area contributed by atoms with E-state index in [1.807, 2.05) is 0 Å². The smallest absolute Gasteiger partial charge is 0.310 e. The van der Waals surface area contributed by atoms with Crippen LogP contribution in [0.4, 0.5) is 0 Å². The molecule has 0 aliphatic rings. The summed E-state index contributed by atoms with van der Waals surface area (Å²) < 4.78 is 9.65. The van der Waals surface area contributed by atoms with Crippen molar-refractivity contribution in [1.82, 2.24) is 0 Å². The van der Waals surface area contributed by atoms with Crippen LogP contribution in [0.15, 0.2) is 0 Å². The molecule has 0 rings (SSSR count). The number of hydrogen-bond acceptors (Lipinski definition) is 4. The van der Waals surface area contributed by atoms with Gasteiger partial charge >= 0.3 is 11.9 Å². The minimum absolute atomic E-state index is 0.0369. The Bertz CT molecular complexity index is 232. The van der Waals surface area contributed by atoms with Gasteiger partial charge in [-0.2, -0.15) is 0 Å². The number of esters is 2. The first kappa shape index (κ1) is 14.4. The second kappa shape index (κ2) is 6.10. The number of rotatable bonds is 4. The highest BCUT2D eigenvalue weighted by atomic mass is 79.9. The van der Waals surface area contributed by atoms with Crippen LogP contribution in [0.3, 0.4) is 0 Å². The molecule has 0 aromatic heterocycles. The molecule has 88 valence electrons. The molecule has 0 heterocycles. The molecule has 4 nitrogen and oxygen atoms in total. The van der Waals surface area contributed by atoms with Gasteiger partial charge in [0.25, 0.3) is 0 Å². The first-order chi connectivity index (χ1) is 6.80. The Labute approximate surface area is 98.4 Å². The van der Waals surface area contributed by atoms with E-state index in [0.29, 0.717) is 5.33 Å². The first-order valence-corrected chi connectivity index (χ1v) is 5.78. The number of carbonyl (C=O) groups is 2. The van der Waals surface area contributed by atoms with E-state index in [1.54, 1.807) is 20.8 Å². The van der Waals surface area contributed by atoms with Gasteiger partial charge in [0, 0.05) is 5.33 Å². The molecule has 0 bridgehead atoms. The average Bonchev–Trinajstić information content (AvgIpc) is 2.10. The van der Waals surface area contributed by atoms with E-state index in [2.05, 4.69) is 20.7 Å². The molecule has 0 N–H and O–H groups in total. The third kappa shape index (κ3) is 6.49. The summed E-state index contributed by atoms with van der Waals surface area (Å²) >= 11 is 3.16. The summed E-state index contributed by atoms with van der Waals surface area (Å²) in [5, 5.41) is 0.388. The highest BCUT2D eigenvalue weighted by Gasteiger charge is 2.25. The highest BCUT2D eigenvalue weighted by Crippen LogP contribution is 2.14. The number of halogens is 1.